The molecule has 126 valence electrons. The number of ether oxygens (including phenoxy) is 1. The molecule has 3 aromatic rings. The van der Waals surface area contributed by atoms with Crippen molar-refractivity contribution in [3.05, 3.63) is 42.4 Å². The molecule has 7 heteroatoms. The summed E-state index contributed by atoms with van der Waals surface area (Å²) in [6, 6.07) is 7.32. The molecule has 0 unspecified atom stereocenters. The van der Waals surface area contributed by atoms with Gasteiger partial charge in [0.1, 0.15) is 5.82 Å². The first kappa shape index (κ1) is 16.7. The average Bonchev–Trinajstić information content (AvgIpc) is 3.25. The highest BCUT2D eigenvalue weighted by Gasteiger charge is 2.12. The SMILES string of the molecule is C1CCOC1.Cc1cc(-c2cc3cnc(N)cc3n2SF)ccn1. The summed E-state index contributed by atoms with van der Waals surface area (Å²) in [7, 11) is 0. The van der Waals surface area contributed by atoms with Gasteiger partial charge >= 0.3 is 0 Å². The summed E-state index contributed by atoms with van der Waals surface area (Å²) in [5.74, 6) is 0.373. The Kier molecular flexibility index (Phi) is 5.32. The molecule has 2 N–H and O–H groups in total. The molecule has 0 saturated carbocycles. The van der Waals surface area contributed by atoms with E-state index in [0.29, 0.717) is 11.3 Å². The first-order chi connectivity index (χ1) is 11.7. The summed E-state index contributed by atoms with van der Waals surface area (Å²) in [5, 5.41) is 0.851. The van der Waals surface area contributed by atoms with Gasteiger partial charge in [-0.2, -0.15) is 0 Å². The molecular formula is C17H19FN4OS. The van der Waals surface area contributed by atoms with Crippen molar-refractivity contribution in [1.82, 2.24) is 13.9 Å². The van der Waals surface area contributed by atoms with Gasteiger partial charge in [0, 0.05) is 48.3 Å². The van der Waals surface area contributed by atoms with Gasteiger partial charge in [-0.25, -0.2) is 4.98 Å². The number of aryl methyl sites for hydroxylation is 1. The van der Waals surface area contributed by atoms with Crippen molar-refractivity contribution in [1.29, 1.82) is 0 Å². The number of halogens is 1. The lowest BCUT2D eigenvalue weighted by Crippen LogP contribution is -1.92. The molecule has 1 aliphatic rings. The topological polar surface area (TPSA) is 66.0 Å². The number of pyridine rings is 2. The molecule has 0 bridgehead atoms. The van der Waals surface area contributed by atoms with Crippen LogP contribution < -0.4 is 5.73 Å². The van der Waals surface area contributed by atoms with Crippen molar-refractivity contribution in [3.8, 4) is 11.3 Å². The number of nitrogens with zero attached hydrogens (tertiary/aromatic N) is 3. The second kappa shape index (κ2) is 7.63. The number of hydrogen-bond donors (Lipinski definition) is 1. The van der Waals surface area contributed by atoms with Gasteiger partial charge in [-0.05, 0) is 38.0 Å². The van der Waals surface area contributed by atoms with E-state index in [2.05, 4.69) is 9.97 Å². The standard InChI is InChI=1S/C13H11FN4S.C4H8O/c1-8-4-9(2-3-16-8)11-5-10-7-17-13(15)6-12(10)18(11)19-14;1-2-4-5-3-1/h2-7H,1H3,(H2,15,17);1-4H2. The largest absolute Gasteiger partial charge is 0.384 e. The van der Waals surface area contributed by atoms with Gasteiger partial charge in [0.2, 0.25) is 0 Å². The average molecular weight is 346 g/mol. The smallest absolute Gasteiger partial charge is 0.170 e. The predicted molar refractivity (Wildman–Crippen MR) is 96.3 cm³/mol. The number of fused-ring (bicyclic) bond motifs is 1. The first-order valence-corrected chi connectivity index (χ1v) is 8.43. The second-order valence-electron chi connectivity index (χ2n) is 5.57. The summed E-state index contributed by atoms with van der Waals surface area (Å²) < 4.78 is 19.7. The molecule has 1 fully saturated rings. The Hall–Kier alpha value is -2.12. The van der Waals surface area contributed by atoms with Gasteiger partial charge in [0.25, 0.3) is 0 Å². The zero-order chi connectivity index (χ0) is 16.9. The third-order valence-electron chi connectivity index (χ3n) is 3.75. The molecule has 0 aromatic carbocycles. The fourth-order valence-electron chi connectivity index (χ4n) is 2.58. The summed E-state index contributed by atoms with van der Waals surface area (Å²) in [6.45, 7) is 3.90. The maximum absolute atomic E-state index is 13.3. The highest BCUT2D eigenvalue weighted by molar-refractivity contribution is 7.93. The lowest BCUT2D eigenvalue weighted by Gasteiger charge is -2.05. The lowest BCUT2D eigenvalue weighted by atomic mass is 10.2. The van der Waals surface area contributed by atoms with Gasteiger partial charge in [-0.1, -0.05) is 0 Å². The fraction of sp³-hybridized carbons (Fsp3) is 0.294. The molecule has 4 heterocycles. The summed E-state index contributed by atoms with van der Waals surface area (Å²) in [4.78, 5) is 8.17. The Morgan fingerprint density at radius 1 is 1.21 bits per heavy atom. The van der Waals surface area contributed by atoms with Crippen LogP contribution in [0, 0.1) is 6.92 Å². The molecule has 3 aromatic heterocycles. The number of aromatic nitrogens is 3. The molecular weight excluding hydrogens is 327 g/mol. The third-order valence-corrected chi connectivity index (χ3v) is 4.28. The molecule has 0 spiro atoms. The van der Waals surface area contributed by atoms with Crippen molar-refractivity contribution in [2.24, 2.45) is 0 Å². The van der Waals surface area contributed by atoms with Crippen LogP contribution >= 0.6 is 12.3 Å². The fourth-order valence-corrected chi connectivity index (χ4v) is 3.05. The Morgan fingerprint density at radius 2 is 2.00 bits per heavy atom. The minimum Gasteiger partial charge on any atom is -0.384 e. The molecule has 1 aliphatic heterocycles. The first-order valence-electron chi connectivity index (χ1n) is 7.76. The van der Waals surface area contributed by atoms with Crippen LogP contribution in [0.1, 0.15) is 18.5 Å². The van der Waals surface area contributed by atoms with E-state index in [4.69, 9.17) is 10.5 Å². The summed E-state index contributed by atoms with van der Waals surface area (Å²) >= 11 is 0.154. The molecule has 5 nitrogen and oxygen atoms in total. The summed E-state index contributed by atoms with van der Waals surface area (Å²) in [5.41, 5.74) is 8.92. The van der Waals surface area contributed by atoms with E-state index >= 15 is 0 Å². The third kappa shape index (κ3) is 3.68. The predicted octanol–water partition coefficient (Wildman–Crippen LogP) is 4.17. The number of anilines is 1. The normalized spacial score (nSPS) is 13.8. The quantitative estimate of drug-likeness (QED) is 0.754. The van der Waals surface area contributed by atoms with E-state index in [1.54, 1.807) is 18.5 Å². The molecule has 4 rings (SSSR count). The van der Waals surface area contributed by atoms with Crippen molar-refractivity contribution in [3.63, 3.8) is 0 Å². The van der Waals surface area contributed by atoms with Gasteiger partial charge < -0.3 is 10.5 Å². The van der Waals surface area contributed by atoms with E-state index in [-0.39, 0.29) is 12.3 Å². The van der Waals surface area contributed by atoms with Gasteiger partial charge in [0.15, 0.2) is 12.3 Å². The number of rotatable bonds is 2. The second-order valence-corrected chi connectivity index (χ2v) is 6.07. The number of nitrogen functional groups attached to an aromatic ring is 1. The summed E-state index contributed by atoms with van der Waals surface area (Å²) in [6.07, 6.45) is 5.91. The van der Waals surface area contributed by atoms with E-state index in [1.807, 2.05) is 25.1 Å². The molecule has 24 heavy (non-hydrogen) atoms. The van der Waals surface area contributed by atoms with Crippen molar-refractivity contribution >= 4 is 29.1 Å². The Bertz CT molecular complexity index is 825. The monoisotopic (exact) mass is 346 g/mol. The van der Waals surface area contributed by atoms with E-state index < -0.39 is 0 Å². The highest BCUT2D eigenvalue weighted by atomic mass is 32.2. The van der Waals surface area contributed by atoms with Crippen LogP contribution in [-0.2, 0) is 4.74 Å². The van der Waals surface area contributed by atoms with Crippen LogP contribution in [0.15, 0.2) is 36.7 Å². The van der Waals surface area contributed by atoms with Gasteiger partial charge in [-0.15, -0.1) is 3.89 Å². The Labute approximate surface area is 144 Å². The number of nitrogens with two attached hydrogens (primary N) is 1. The maximum Gasteiger partial charge on any atom is 0.170 e. The number of hydrogen-bond acceptors (Lipinski definition) is 5. The van der Waals surface area contributed by atoms with E-state index in [0.717, 1.165) is 35.6 Å². The minimum absolute atomic E-state index is 0.154. The lowest BCUT2D eigenvalue weighted by molar-refractivity contribution is 0.198. The van der Waals surface area contributed by atoms with E-state index in [9.17, 15) is 3.89 Å². The molecule has 0 amide bonds. The van der Waals surface area contributed by atoms with Gasteiger partial charge in [-0.3, -0.25) is 8.96 Å². The Morgan fingerprint density at radius 3 is 2.62 bits per heavy atom. The van der Waals surface area contributed by atoms with Crippen LogP contribution in [0.5, 0.6) is 0 Å². The zero-order valence-corrected chi connectivity index (χ0v) is 14.2. The maximum atomic E-state index is 13.3. The van der Waals surface area contributed by atoms with Crippen LogP contribution in [0.25, 0.3) is 22.2 Å². The van der Waals surface area contributed by atoms with Crippen LogP contribution in [0.4, 0.5) is 9.70 Å². The van der Waals surface area contributed by atoms with Crippen LogP contribution in [0.3, 0.4) is 0 Å². The van der Waals surface area contributed by atoms with Crippen LogP contribution in [-0.4, -0.2) is 27.2 Å². The van der Waals surface area contributed by atoms with Gasteiger partial charge in [0.05, 0.1) is 11.2 Å². The highest BCUT2D eigenvalue weighted by Crippen LogP contribution is 2.32. The molecule has 0 atom stereocenters. The molecule has 1 saturated heterocycles. The Balaban J connectivity index is 0.000000290. The van der Waals surface area contributed by atoms with Crippen molar-refractivity contribution in [2.75, 3.05) is 18.9 Å². The zero-order valence-electron chi connectivity index (χ0n) is 13.4. The minimum atomic E-state index is 0.154. The van der Waals surface area contributed by atoms with E-state index in [1.165, 1.54) is 16.8 Å². The van der Waals surface area contributed by atoms with Crippen LogP contribution in [0.2, 0.25) is 0 Å². The molecule has 0 aliphatic carbocycles. The molecule has 0 radical (unpaired) electrons. The van der Waals surface area contributed by atoms with Crippen molar-refractivity contribution < 1.29 is 8.62 Å². The van der Waals surface area contributed by atoms with Crippen molar-refractivity contribution in [2.45, 2.75) is 19.8 Å².